The fourth-order valence-corrected chi connectivity index (χ4v) is 3.06. The third-order valence-corrected chi connectivity index (χ3v) is 4.08. The van der Waals surface area contributed by atoms with Crippen LogP contribution in [-0.2, 0) is 11.3 Å². The van der Waals surface area contributed by atoms with Crippen LogP contribution in [0.3, 0.4) is 0 Å². The van der Waals surface area contributed by atoms with Gasteiger partial charge in [0.15, 0.2) is 0 Å². The highest BCUT2D eigenvalue weighted by Gasteiger charge is 2.25. The Labute approximate surface area is 139 Å². The number of ether oxygens (including phenoxy) is 1. The Bertz CT molecular complexity index is 533. The number of aryl methyl sites for hydroxylation is 2. The quantitative estimate of drug-likeness (QED) is 0.905. The number of nitrogens with one attached hydrogen (secondary N) is 1. The van der Waals surface area contributed by atoms with Gasteiger partial charge in [-0.15, -0.1) is 0 Å². The smallest absolute Gasteiger partial charge is 0.407 e. The van der Waals surface area contributed by atoms with Gasteiger partial charge in [0, 0.05) is 24.8 Å². The summed E-state index contributed by atoms with van der Waals surface area (Å²) in [6, 6.07) is 2.49. The molecule has 0 unspecified atom stereocenters. The average Bonchev–Trinajstić information content (AvgIpc) is 2.98. The first-order valence-electron chi connectivity index (χ1n) is 8.46. The zero-order valence-corrected chi connectivity index (χ0v) is 15.1. The van der Waals surface area contributed by atoms with Gasteiger partial charge in [0.05, 0.1) is 12.2 Å². The number of likely N-dealkylation sites (tertiary alicyclic amines) is 1. The number of carbonyl (C=O) groups excluding carboxylic acids is 1. The van der Waals surface area contributed by atoms with Crippen LogP contribution in [0.25, 0.3) is 0 Å². The molecule has 1 atom stereocenters. The maximum Gasteiger partial charge on any atom is 0.407 e. The van der Waals surface area contributed by atoms with Gasteiger partial charge >= 0.3 is 6.09 Å². The molecule has 0 aliphatic carbocycles. The van der Waals surface area contributed by atoms with Crippen LogP contribution in [0.1, 0.15) is 45.0 Å². The molecule has 0 radical (unpaired) electrons. The second-order valence-electron chi connectivity index (χ2n) is 7.37. The highest BCUT2D eigenvalue weighted by atomic mass is 16.6. The summed E-state index contributed by atoms with van der Waals surface area (Å²) in [5.41, 5.74) is 1.81. The van der Waals surface area contributed by atoms with Gasteiger partial charge in [-0.3, -0.25) is 9.58 Å². The van der Waals surface area contributed by atoms with E-state index in [1.54, 1.807) is 0 Å². The van der Waals surface area contributed by atoms with Crippen molar-refractivity contribution in [3.8, 4) is 0 Å². The lowest BCUT2D eigenvalue weighted by Gasteiger charge is -2.26. The summed E-state index contributed by atoms with van der Waals surface area (Å²) in [6.07, 6.45) is 1.97. The third kappa shape index (κ3) is 5.53. The van der Waals surface area contributed by atoms with Crippen LogP contribution in [0.5, 0.6) is 0 Å². The summed E-state index contributed by atoms with van der Waals surface area (Å²) in [6.45, 7) is 13.3. The van der Waals surface area contributed by atoms with Gasteiger partial charge < -0.3 is 10.1 Å². The summed E-state index contributed by atoms with van der Waals surface area (Å²) in [5, 5.41) is 7.41. The molecule has 6 nitrogen and oxygen atoms in total. The molecular weight excluding hydrogens is 292 g/mol. The van der Waals surface area contributed by atoms with E-state index in [1.807, 2.05) is 27.7 Å². The van der Waals surface area contributed by atoms with E-state index in [0.29, 0.717) is 12.6 Å². The normalized spacial score (nSPS) is 19.1. The highest BCUT2D eigenvalue weighted by Crippen LogP contribution is 2.17. The molecule has 0 bridgehead atoms. The van der Waals surface area contributed by atoms with Crippen molar-refractivity contribution in [2.75, 3.05) is 19.6 Å². The van der Waals surface area contributed by atoms with Gasteiger partial charge in [-0.25, -0.2) is 4.79 Å². The van der Waals surface area contributed by atoms with E-state index < -0.39 is 5.60 Å². The molecule has 1 saturated heterocycles. The molecule has 1 aliphatic heterocycles. The Kier molecular flexibility index (Phi) is 5.68. The second-order valence-corrected chi connectivity index (χ2v) is 7.37. The molecule has 1 aromatic rings. The molecule has 23 heavy (non-hydrogen) atoms. The van der Waals surface area contributed by atoms with Crippen LogP contribution in [0.15, 0.2) is 6.07 Å². The standard InChI is InChI=1S/C17H30N4O2/c1-13-11-14(2)21(19-13)10-9-20-8-6-7-15(20)12-18-16(22)23-17(3,4)5/h11,15H,6-10,12H2,1-5H3,(H,18,22)/t15-/m0/s1. The molecule has 0 aromatic carbocycles. The first kappa shape index (κ1) is 17.8. The first-order chi connectivity index (χ1) is 10.7. The molecule has 130 valence electrons. The van der Waals surface area contributed by atoms with Crippen molar-refractivity contribution in [2.24, 2.45) is 0 Å². The van der Waals surface area contributed by atoms with Crippen LogP contribution in [-0.4, -0.2) is 52.1 Å². The lowest BCUT2D eigenvalue weighted by Crippen LogP contribution is -2.43. The molecule has 1 amide bonds. The van der Waals surface area contributed by atoms with E-state index in [9.17, 15) is 4.79 Å². The number of amides is 1. The van der Waals surface area contributed by atoms with E-state index in [0.717, 1.165) is 31.7 Å². The van der Waals surface area contributed by atoms with Crippen molar-refractivity contribution >= 4 is 6.09 Å². The largest absolute Gasteiger partial charge is 0.444 e. The molecule has 0 spiro atoms. The predicted molar refractivity (Wildman–Crippen MR) is 90.5 cm³/mol. The van der Waals surface area contributed by atoms with Crippen LogP contribution in [0.2, 0.25) is 0 Å². The Morgan fingerprint density at radius 3 is 2.74 bits per heavy atom. The minimum atomic E-state index is -0.449. The molecule has 2 heterocycles. The number of carbonyl (C=O) groups is 1. The monoisotopic (exact) mass is 322 g/mol. The fraction of sp³-hybridized carbons (Fsp3) is 0.765. The van der Waals surface area contributed by atoms with Crippen LogP contribution in [0, 0.1) is 13.8 Å². The number of rotatable bonds is 5. The van der Waals surface area contributed by atoms with Crippen LogP contribution >= 0.6 is 0 Å². The minimum absolute atomic E-state index is 0.331. The average molecular weight is 322 g/mol. The molecule has 0 saturated carbocycles. The van der Waals surface area contributed by atoms with Crippen molar-refractivity contribution in [2.45, 2.75) is 65.6 Å². The lowest BCUT2D eigenvalue weighted by atomic mass is 10.2. The SMILES string of the molecule is Cc1cc(C)n(CCN2CCC[C@H]2CNC(=O)OC(C)(C)C)n1. The minimum Gasteiger partial charge on any atom is -0.444 e. The van der Waals surface area contributed by atoms with Crippen molar-refractivity contribution in [3.05, 3.63) is 17.5 Å². The molecule has 1 fully saturated rings. The first-order valence-corrected chi connectivity index (χ1v) is 8.46. The number of aromatic nitrogens is 2. The molecule has 2 rings (SSSR count). The number of alkyl carbamates (subject to hydrolysis) is 1. The topological polar surface area (TPSA) is 59.4 Å². The maximum absolute atomic E-state index is 11.8. The van der Waals surface area contributed by atoms with Gasteiger partial charge in [0.1, 0.15) is 5.60 Å². The van der Waals surface area contributed by atoms with E-state index in [-0.39, 0.29) is 6.09 Å². The molecular formula is C17H30N4O2. The van der Waals surface area contributed by atoms with Gasteiger partial charge in [-0.1, -0.05) is 0 Å². The van der Waals surface area contributed by atoms with Crippen LogP contribution < -0.4 is 5.32 Å². The van der Waals surface area contributed by atoms with Gasteiger partial charge in [-0.05, 0) is 60.1 Å². The van der Waals surface area contributed by atoms with Gasteiger partial charge in [-0.2, -0.15) is 5.10 Å². The van der Waals surface area contributed by atoms with Crippen LogP contribution in [0.4, 0.5) is 4.79 Å². The number of nitrogens with zero attached hydrogens (tertiary/aromatic N) is 3. The number of hydrogen-bond donors (Lipinski definition) is 1. The Hall–Kier alpha value is -1.56. The predicted octanol–water partition coefficient (Wildman–Crippen LogP) is 2.49. The third-order valence-electron chi connectivity index (χ3n) is 4.08. The molecule has 6 heteroatoms. The second kappa shape index (κ2) is 7.34. The van der Waals surface area contributed by atoms with Crippen molar-refractivity contribution < 1.29 is 9.53 Å². The zero-order chi connectivity index (χ0) is 17.0. The summed E-state index contributed by atoms with van der Waals surface area (Å²) in [7, 11) is 0. The fourth-order valence-electron chi connectivity index (χ4n) is 3.06. The highest BCUT2D eigenvalue weighted by molar-refractivity contribution is 5.67. The summed E-state index contributed by atoms with van der Waals surface area (Å²) >= 11 is 0. The van der Waals surface area contributed by atoms with Crippen molar-refractivity contribution in [1.82, 2.24) is 20.0 Å². The van der Waals surface area contributed by atoms with E-state index in [1.165, 1.54) is 12.1 Å². The van der Waals surface area contributed by atoms with Gasteiger partial charge in [0.25, 0.3) is 0 Å². The molecule has 1 aromatic heterocycles. The van der Waals surface area contributed by atoms with Crippen molar-refractivity contribution in [1.29, 1.82) is 0 Å². The summed E-state index contributed by atoms with van der Waals surface area (Å²) < 4.78 is 7.36. The zero-order valence-electron chi connectivity index (χ0n) is 15.1. The Balaban J connectivity index is 1.79. The van der Waals surface area contributed by atoms with E-state index in [4.69, 9.17) is 4.74 Å². The van der Waals surface area contributed by atoms with Crippen molar-refractivity contribution in [3.63, 3.8) is 0 Å². The van der Waals surface area contributed by atoms with E-state index in [2.05, 4.69) is 33.0 Å². The Morgan fingerprint density at radius 1 is 1.39 bits per heavy atom. The number of hydrogen-bond acceptors (Lipinski definition) is 4. The van der Waals surface area contributed by atoms with E-state index >= 15 is 0 Å². The maximum atomic E-state index is 11.8. The van der Waals surface area contributed by atoms with Gasteiger partial charge in [0.2, 0.25) is 0 Å². The summed E-state index contributed by atoms with van der Waals surface area (Å²) in [4.78, 5) is 14.2. The lowest BCUT2D eigenvalue weighted by molar-refractivity contribution is 0.0513. The molecule has 1 aliphatic rings. The Morgan fingerprint density at radius 2 is 2.13 bits per heavy atom. The molecule has 1 N–H and O–H groups in total. The summed E-state index contributed by atoms with van der Waals surface area (Å²) in [5.74, 6) is 0.